The van der Waals surface area contributed by atoms with Gasteiger partial charge in [0.05, 0.1) is 19.7 Å². The van der Waals surface area contributed by atoms with Crippen LogP contribution in [-0.4, -0.2) is 79.9 Å². The zero-order valence-corrected chi connectivity index (χ0v) is 22.3. The number of nitrogens with one attached hydrogen (secondary N) is 2. The quantitative estimate of drug-likeness (QED) is 0.191. The minimum absolute atomic E-state index is 0.0202. The number of hydrogen-bond donors (Lipinski definition) is 7. The lowest BCUT2D eigenvalue weighted by molar-refractivity contribution is -0.146. The highest BCUT2D eigenvalue weighted by Crippen LogP contribution is 2.43. The zero-order chi connectivity index (χ0) is 29.1. The topological polar surface area (TPSA) is 198 Å². The van der Waals surface area contributed by atoms with Crippen LogP contribution >= 0.6 is 0 Å². The van der Waals surface area contributed by atoms with E-state index in [9.17, 15) is 34.8 Å². The van der Waals surface area contributed by atoms with Crippen LogP contribution < -0.4 is 15.8 Å². The number of ether oxygens (including phenoxy) is 1. The molecule has 2 aromatic carbocycles. The minimum atomic E-state index is -1.30. The molecule has 4 atom stereocenters. The van der Waals surface area contributed by atoms with Crippen molar-refractivity contribution < 1.29 is 39.5 Å². The second-order valence-electron chi connectivity index (χ2n) is 10.2. The van der Waals surface area contributed by atoms with Crippen molar-refractivity contribution in [2.45, 2.75) is 50.9 Å². The molecule has 2 heterocycles. The number of aromatic nitrogens is 1. The molecule has 1 aliphatic rings. The fourth-order valence-electron chi connectivity index (χ4n) is 5.16. The van der Waals surface area contributed by atoms with Crippen LogP contribution in [0.2, 0.25) is 0 Å². The molecule has 1 aliphatic heterocycles. The van der Waals surface area contributed by atoms with Crippen LogP contribution in [0.5, 0.6) is 17.2 Å². The van der Waals surface area contributed by atoms with Crippen LogP contribution in [0.1, 0.15) is 30.0 Å². The number of aliphatic carboxylic acids is 1. The van der Waals surface area contributed by atoms with Gasteiger partial charge in [-0.3, -0.25) is 9.59 Å². The molecule has 0 saturated carbocycles. The Morgan fingerprint density at radius 2 is 1.98 bits per heavy atom. The molecule has 12 nitrogen and oxygen atoms in total. The highest BCUT2D eigenvalue weighted by Gasteiger charge is 2.40. The molecule has 40 heavy (non-hydrogen) atoms. The molecule has 0 unspecified atom stereocenters. The number of phenols is 2. The van der Waals surface area contributed by atoms with E-state index in [1.165, 1.54) is 18.1 Å². The number of aliphatic hydroxyl groups is 1. The summed E-state index contributed by atoms with van der Waals surface area (Å²) in [5, 5.41) is 43.5. The lowest BCUT2D eigenvalue weighted by Gasteiger charge is -2.38. The number of carboxylic acids is 1. The van der Waals surface area contributed by atoms with Gasteiger partial charge in [-0.05, 0) is 42.0 Å². The summed E-state index contributed by atoms with van der Waals surface area (Å²) >= 11 is 0. The SMILES string of the molecule is COc1c(O)cc2c(c1O)CN(C(=O)[C@H](N)Cc1c[nH]c3ccccc13)[C@H](C(=O)N[C@@H](C[C@@H](C)CO)C(=O)O)C2. The Kier molecular flexibility index (Phi) is 8.50. The third-order valence-electron chi connectivity index (χ3n) is 7.34. The standard InChI is InChI=1S/C28H34N4O8/c1-14(13-33)7-21(28(38)39)31-26(36)22-9-15-10-23(34)25(40-2)24(35)18(15)12-32(22)27(37)19(29)8-16-11-30-20-6-4-3-5-17(16)20/h3-6,10-11,14,19,21-22,30,33-35H,7-9,12-13,29H2,1-2H3,(H,31,36)(H,38,39)/t14-,19-,21+,22+/m1/s1. The molecule has 12 heteroatoms. The van der Waals surface area contributed by atoms with Crippen LogP contribution in [0.4, 0.5) is 0 Å². The normalized spacial score (nSPS) is 17.1. The van der Waals surface area contributed by atoms with E-state index in [4.69, 9.17) is 10.5 Å². The van der Waals surface area contributed by atoms with Crippen molar-refractivity contribution in [1.29, 1.82) is 0 Å². The van der Waals surface area contributed by atoms with Gasteiger partial charge in [0.25, 0.3) is 0 Å². The molecule has 1 aromatic heterocycles. The number of methoxy groups -OCH3 is 1. The molecule has 0 spiro atoms. The third kappa shape index (κ3) is 5.68. The predicted molar refractivity (Wildman–Crippen MR) is 145 cm³/mol. The number of H-pyrrole nitrogens is 1. The van der Waals surface area contributed by atoms with Crippen molar-refractivity contribution in [1.82, 2.24) is 15.2 Å². The second-order valence-corrected chi connectivity index (χ2v) is 10.2. The molecule has 214 valence electrons. The monoisotopic (exact) mass is 554 g/mol. The maximum absolute atomic E-state index is 13.8. The number of benzene rings is 2. The summed E-state index contributed by atoms with van der Waals surface area (Å²) < 4.78 is 5.10. The minimum Gasteiger partial charge on any atom is -0.504 e. The molecular weight excluding hydrogens is 520 g/mol. The van der Waals surface area contributed by atoms with Gasteiger partial charge < -0.3 is 46.1 Å². The van der Waals surface area contributed by atoms with Gasteiger partial charge in [0.15, 0.2) is 11.5 Å². The first-order chi connectivity index (χ1) is 19.0. The van der Waals surface area contributed by atoms with E-state index in [2.05, 4.69) is 10.3 Å². The van der Waals surface area contributed by atoms with Gasteiger partial charge >= 0.3 is 5.97 Å². The first-order valence-electron chi connectivity index (χ1n) is 12.9. The Morgan fingerprint density at radius 1 is 1.25 bits per heavy atom. The van der Waals surface area contributed by atoms with Gasteiger partial charge in [0.1, 0.15) is 12.1 Å². The molecule has 0 aliphatic carbocycles. The van der Waals surface area contributed by atoms with Crippen LogP contribution in [0, 0.1) is 5.92 Å². The van der Waals surface area contributed by atoms with E-state index in [1.54, 1.807) is 13.1 Å². The van der Waals surface area contributed by atoms with E-state index in [-0.39, 0.29) is 55.2 Å². The molecule has 3 aromatic rings. The average Bonchev–Trinajstić information content (AvgIpc) is 3.34. The van der Waals surface area contributed by atoms with Crippen molar-refractivity contribution in [3.63, 3.8) is 0 Å². The van der Waals surface area contributed by atoms with Crippen molar-refractivity contribution in [3.8, 4) is 17.2 Å². The molecule has 8 N–H and O–H groups in total. The number of amides is 2. The Balaban J connectivity index is 1.66. The lowest BCUT2D eigenvalue weighted by Crippen LogP contribution is -2.58. The number of carboxylic acid groups (broad SMARTS) is 1. The molecular formula is C28H34N4O8. The number of rotatable bonds is 10. The second kappa shape index (κ2) is 11.8. The smallest absolute Gasteiger partial charge is 0.326 e. The zero-order valence-electron chi connectivity index (χ0n) is 22.3. The Bertz CT molecular complexity index is 1420. The summed E-state index contributed by atoms with van der Waals surface area (Å²) in [7, 11) is 1.28. The molecule has 0 fully saturated rings. The summed E-state index contributed by atoms with van der Waals surface area (Å²) in [5.41, 5.74) is 8.77. The largest absolute Gasteiger partial charge is 0.504 e. The Labute approximate surface area is 230 Å². The fourth-order valence-corrected chi connectivity index (χ4v) is 5.16. The fraction of sp³-hybridized carbons (Fsp3) is 0.393. The highest BCUT2D eigenvalue weighted by atomic mass is 16.5. The molecule has 2 amide bonds. The maximum Gasteiger partial charge on any atom is 0.326 e. The first-order valence-corrected chi connectivity index (χ1v) is 12.9. The van der Waals surface area contributed by atoms with Gasteiger partial charge in [-0.1, -0.05) is 25.1 Å². The number of nitrogens with zero attached hydrogens (tertiary/aromatic N) is 1. The van der Waals surface area contributed by atoms with Crippen LogP contribution in [-0.2, 0) is 33.8 Å². The number of phenolic OH excluding ortho intramolecular Hbond substituents is 2. The molecule has 0 bridgehead atoms. The van der Waals surface area contributed by atoms with E-state index in [0.717, 1.165) is 16.5 Å². The predicted octanol–water partition coefficient (Wildman–Crippen LogP) is 0.999. The van der Waals surface area contributed by atoms with Gasteiger partial charge in [-0.15, -0.1) is 0 Å². The number of nitrogens with two attached hydrogens (primary N) is 1. The van der Waals surface area contributed by atoms with E-state index in [0.29, 0.717) is 5.56 Å². The van der Waals surface area contributed by atoms with Crippen molar-refractivity contribution >= 4 is 28.7 Å². The lowest BCUT2D eigenvalue weighted by atomic mass is 9.90. The van der Waals surface area contributed by atoms with Crippen LogP contribution in [0.15, 0.2) is 36.5 Å². The van der Waals surface area contributed by atoms with Gasteiger partial charge in [0, 0.05) is 35.7 Å². The number of carbonyl (C=O) groups excluding carboxylic acids is 2. The summed E-state index contributed by atoms with van der Waals surface area (Å²) in [6.07, 6.45) is 1.80. The molecule has 0 radical (unpaired) electrons. The Morgan fingerprint density at radius 3 is 2.65 bits per heavy atom. The van der Waals surface area contributed by atoms with Gasteiger partial charge in [-0.25, -0.2) is 4.79 Å². The maximum atomic E-state index is 13.8. The number of aliphatic hydroxyl groups excluding tert-OH is 1. The summed E-state index contributed by atoms with van der Waals surface area (Å²) in [5.74, 6) is -3.84. The number of para-hydroxylation sites is 1. The van der Waals surface area contributed by atoms with E-state index >= 15 is 0 Å². The van der Waals surface area contributed by atoms with E-state index < -0.39 is 41.8 Å². The summed E-state index contributed by atoms with van der Waals surface area (Å²) in [6, 6.07) is 5.38. The molecule has 0 saturated heterocycles. The number of aromatic hydroxyl groups is 2. The van der Waals surface area contributed by atoms with E-state index in [1.807, 2.05) is 24.3 Å². The summed E-state index contributed by atoms with van der Waals surface area (Å²) in [4.78, 5) is 43.5. The number of fused-ring (bicyclic) bond motifs is 2. The number of carbonyl (C=O) groups is 3. The number of aromatic amines is 1. The van der Waals surface area contributed by atoms with Gasteiger partial charge in [0.2, 0.25) is 17.6 Å². The van der Waals surface area contributed by atoms with Crippen molar-refractivity contribution in [2.24, 2.45) is 11.7 Å². The molecule has 4 rings (SSSR count). The van der Waals surface area contributed by atoms with Crippen LogP contribution in [0.25, 0.3) is 10.9 Å². The first kappa shape index (κ1) is 28.7. The van der Waals surface area contributed by atoms with Crippen LogP contribution in [0.3, 0.4) is 0 Å². The Hall–Kier alpha value is -4.29. The van der Waals surface area contributed by atoms with Gasteiger partial charge in [-0.2, -0.15) is 0 Å². The highest BCUT2D eigenvalue weighted by molar-refractivity contribution is 5.93. The van der Waals surface area contributed by atoms with Crippen molar-refractivity contribution in [3.05, 3.63) is 53.2 Å². The van der Waals surface area contributed by atoms with Crippen molar-refractivity contribution in [2.75, 3.05) is 13.7 Å². The third-order valence-corrected chi connectivity index (χ3v) is 7.34. The number of hydrogen-bond acceptors (Lipinski definition) is 8. The average molecular weight is 555 g/mol. The summed E-state index contributed by atoms with van der Waals surface area (Å²) in [6.45, 7) is 1.17.